The molecule has 0 saturated heterocycles. The first-order chi connectivity index (χ1) is 13.5. The van der Waals surface area contributed by atoms with Crippen molar-refractivity contribution in [3.63, 3.8) is 0 Å². The van der Waals surface area contributed by atoms with Crippen LogP contribution in [0.3, 0.4) is 0 Å². The van der Waals surface area contributed by atoms with Gasteiger partial charge in [0.2, 0.25) is 5.91 Å². The van der Waals surface area contributed by atoms with Crippen LogP contribution < -0.4 is 5.48 Å². The Morgan fingerprint density at radius 1 is 1.18 bits per heavy atom. The number of hydrogen-bond acceptors (Lipinski definition) is 4. The summed E-state index contributed by atoms with van der Waals surface area (Å²) >= 11 is 0. The molecule has 2 aromatic carbocycles. The van der Waals surface area contributed by atoms with Gasteiger partial charge in [-0.3, -0.25) is 15.1 Å². The average molecular weight is 383 g/mol. The second-order valence-corrected chi connectivity index (χ2v) is 6.44. The van der Waals surface area contributed by atoms with Crippen LogP contribution in [0.25, 0.3) is 0 Å². The number of hydroxylamine groups is 1. The van der Waals surface area contributed by atoms with E-state index in [4.69, 9.17) is 10.1 Å². The summed E-state index contributed by atoms with van der Waals surface area (Å²) in [6, 6.07) is 12.0. The van der Waals surface area contributed by atoms with Gasteiger partial charge in [0, 0.05) is 25.2 Å². The fourth-order valence-corrected chi connectivity index (χ4v) is 2.84. The number of nitriles is 1. The van der Waals surface area contributed by atoms with Gasteiger partial charge in [-0.1, -0.05) is 18.2 Å². The number of benzene rings is 2. The lowest BCUT2D eigenvalue weighted by atomic mass is 10.1. The molecule has 0 bridgehead atoms. The summed E-state index contributed by atoms with van der Waals surface area (Å²) < 4.78 is 26.2. The highest BCUT2D eigenvalue weighted by molar-refractivity contribution is 5.79. The molecule has 1 heterocycles. The predicted molar refractivity (Wildman–Crippen MR) is 98.4 cm³/mol. The quantitative estimate of drug-likeness (QED) is 0.778. The minimum Gasteiger partial charge on any atom is -0.338 e. The molecule has 0 saturated carbocycles. The third kappa shape index (κ3) is 5.15. The zero-order chi connectivity index (χ0) is 19.9. The van der Waals surface area contributed by atoms with E-state index in [1.54, 1.807) is 29.2 Å². The van der Waals surface area contributed by atoms with Gasteiger partial charge in [-0.2, -0.15) is 5.26 Å². The highest BCUT2D eigenvalue weighted by Gasteiger charge is 2.17. The van der Waals surface area contributed by atoms with E-state index in [1.807, 2.05) is 6.08 Å². The molecule has 144 valence electrons. The summed E-state index contributed by atoms with van der Waals surface area (Å²) in [5.74, 6) is -0.893. The lowest BCUT2D eigenvalue weighted by Gasteiger charge is -2.27. The van der Waals surface area contributed by atoms with Gasteiger partial charge >= 0.3 is 0 Å². The van der Waals surface area contributed by atoms with Gasteiger partial charge in [-0.05, 0) is 41.5 Å². The zero-order valence-electron chi connectivity index (χ0n) is 15.1. The number of rotatable bonds is 6. The van der Waals surface area contributed by atoms with Crippen molar-refractivity contribution in [2.75, 3.05) is 13.1 Å². The van der Waals surface area contributed by atoms with Gasteiger partial charge in [0.25, 0.3) is 0 Å². The maximum absolute atomic E-state index is 13.3. The Morgan fingerprint density at radius 2 is 1.93 bits per heavy atom. The van der Waals surface area contributed by atoms with Gasteiger partial charge in [-0.15, -0.1) is 0 Å². The third-order valence-electron chi connectivity index (χ3n) is 4.42. The monoisotopic (exact) mass is 383 g/mol. The van der Waals surface area contributed by atoms with Crippen molar-refractivity contribution in [2.45, 2.75) is 19.4 Å². The van der Waals surface area contributed by atoms with E-state index in [-0.39, 0.29) is 30.3 Å². The predicted octanol–water partition coefficient (Wildman–Crippen LogP) is 3.22. The van der Waals surface area contributed by atoms with E-state index < -0.39 is 5.82 Å². The molecule has 2 aromatic rings. The highest BCUT2D eigenvalue weighted by atomic mass is 19.1. The van der Waals surface area contributed by atoms with Crippen LogP contribution in [0.5, 0.6) is 0 Å². The van der Waals surface area contributed by atoms with Gasteiger partial charge in [-0.25, -0.2) is 8.78 Å². The van der Waals surface area contributed by atoms with E-state index in [0.717, 1.165) is 11.3 Å². The van der Waals surface area contributed by atoms with E-state index in [2.05, 4.69) is 5.48 Å². The zero-order valence-corrected chi connectivity index (χ0v) is 15.1. The minimum atomic E-state index is -0.556. The van der Waals surface area contributed by atoms with Crippen LogP contribution in [0.4, 0.5) is 8.78 Å². The molecule has 0 aromatic heterocycles. The number of hydrogen-bond donors (Lipinski definition) is 1. The fraction of sp³-hybridized carbons (Fsp3) is 0.238. The number of halogens is 2. The summed E-state index contributed by atoms with van der Waals surface area (Å²) in [5, 5.41) is 8.84. The van der Waals surface area contributed by atoms with Crippen LogP contribution >= 0.6 is 0 Å². The van der Waals surface area contributed by atoms with E-state index in [0.29, 0.717) is 25.1 Å². The summed E-state index contributed by atoms with van der Waals surface area (Å²) in [4.78, 5) is 19.5. The maximum Gasteiger partial charge on any atom is 0.227 e. The lowest BCUT2D eigenvalue weighted by molar-refractivity contribution is -0.130. The molecule has 0 unspecified atom stereocenters. The van der Waals surface area contributed by atoms with Crippen LogP contribution in [0.15, 0.2) is 54.2 Å². The van der Waals surface area contributed by atoms with Crippen LogP contribution in [0, 0.1) is 23.0 Å². The van der Waals surface area contributed by atoms with E-state index >= 15 is 0 Å². The molecule has 0 fully saturated rings. The molecule has 0 atom stereocenters. The molecular formula is C21H19F2N3O2. The van der Waals surface area contributed by atoms with Gasteiger partial charge in [0.1, 0.15) is 17.7 Å². The van der Waals surface area contributed by atoms with Gasteiger partial charge in [0.05, 0.1) is 18.6 Å². The molecule has 0 radical (unpaired) electrons. The largest absolute Gasteiger partial charge is 0.338 e. The third-order valence-corrected chi connectivity index (χ3v) is 4.42. The number of carbonyl (C=O) groups excluding carboxylic acids is 1. The number of amides is 1. The normalized spacial score (nSPS) is 13.6. The van der Waals surface area contributed by atoms with Crippen molar-refractivity contribution in [3.8, 4) is 6.07 Å². The Hall–Kier alpha value is -3.24. The molecule has 28 heavy (non-hydrogen) atoms. The Bertz CT molecular complexity index is 920. The average Bonchev–Trinajstić information content (AvgIpc) is 2.71. The van der Waals surface area contributed by atoms with Crippen molar-refractivity contribution in [1.29, 1.82) is 5.26 Å². The maximum atomic E-state index is 13.3. The van der Waals surface area contributed by atoms with Crippen LogP contribution in [0.1, 0.15) is 23.1 Å². The first-order valence-corrected chi connectivity index (χ1v) is 8.83. The number of nitrogens with one attached hydrogen (secondary N) is 1. The molecule has 3 rings (SSSR count). The summed E-state index contributed by atoms with van der Waals surface area (Å²) in [6.45, 7) is 1.19. The van der Waals surface area contributed by atoms with Crippen molar-refractivity contribution in [1.82, 2.24) is 10.4 Å². The van der Waals surface area contributed by atoms with Crippen molar-refractivity contribution in [3.05, 3.63) is 82.6 Å². The van der Waals surface area contributed by atoms with Crippen molar-refractivity contribution < 1.29 is 18.4 Å². The molecule has 1 aliphatic heterocycles. The van der Waals surface area contributed by atoms with E-state index in [1.165, 1.54) is 24.3 Å². The molecular weight excluding hydrogens is 364 g/mol. The molecule has 7 heteroatoms. The lowest BCUT2D eigenvalue weighted by Crippen LogP contribution is -2.37. The molecule has 0 spiro atoms. The highest BCUT2D eigenvalue weighted by Crippen LogP contribution is 2.13. The van der Waals surface area contributed by atoms with E-state index in [9.17, 15) is 13.6 Å². The molecule has 1 amide bonds. The van der Waals surface area contributed by atoms with Crippen LogP contribution in [0.2, 0.25) is 0 Å². The van der Waals surface area contributed by atoms with Crippen LogP contribution in [-0.2, 0) is 22.7 Å². The molecule has 5 nitrogen and oxygen atoms in total. The SMILES string of the molecule is N#Cc1cc(CONC2=CCN(C(=O)Cc3ccc(F)cc3)CC2)ccc1F. The topological polar surface area (TPSA) is 65.4 Å². The first-order valence-electron chi connectivity index (χ1n) is 8.83. The Kier molecular flexibility index (Phi) is 6.35. The number of nitrogens with zero attached hydrogens (tertiary/aromatic N) is 2. The molecule has 1 aliphatic rings. The molecule has 0 aliphatic carbocycles. The second-order valence-electron chi connectivity index (χ2n) is 6.44. The van der Waals surface area contributed by atoms with Crippen molar-refractivity contribution >= 4 is 5.91 Å². The number of carbonyl (C=O) groups is 1. The summed E-state index contributed by atoms with van der Waals surface area (Å²) in [6.07, 6.45) is 2.72. The first kappa shape index (κ1) is 19.5. The Labute approximate surface area is 161 Å². The van der Waals surface area contributed by atoms with Crippen molar-refractivity contribution in [2.24, 2.45) is 0 Å². The van der Waals surface area contributed by atoms with Gasteiger partial charge < -0.3 is 4.90 Å². The molecule has 1 N–H and O–H groups in total. The van der Waals surface area contributed by atoms with Crippen LogP contribution in [-0.4, -0.2) is 23.9 Å². The fourth-order valence-electron chi connectivity index (χ4n) is 2.84. The second kappa shape index (κ2) is 9.11. The Morgan fingerprint density at radius 3 is 2.61 bits per heavy atom. The Balaban J connectivity index is 1.45. The summed E-state index contributed by atoms with van der Waals surface area (Å²) in [7, 11) is 0. The smallest absolute Gasteiger partial charge is 0.227 e. The van der Waals surface area contributed by atoms with Gasteiger partial charge in [0.15, 0.2) is 0 Å². The standard InChI is InChI=1S/C21H19F2N3O2/c22-18-4-1-15(2-5-18)12-21(27)26-9-7-19(8-10-26)25-28-14-16-3-6-20(23)17(11-16)13-24/h1-7,11,25H,8-10,12,14H2. The summed E-state index contributed by atoms with van der Waals surface area (Å²) in [5.41, 5.74) is 5.13. The minimum absolute atomic E-state index is 0.0156.